The summed E-state index contributed by atoms with van der Waals surface area (Å²) in [6.07, 6.45) is 4.72. The maximum atomic E-state index is 5.50. The summed E-state index contributed by atoms with van der Waals surface area (Å²) in [6.45, 7) is 3.98. The third kappa shape index (κ3) is 3.94. The molecule has 1 saturated carbocycles. The van der Waals surface area contributed by atoms with E-state index in [0.29, 0.717) is 0 Å². The highest BCUT2D eigenvalue weighted by molar-refractivity contribution is 5.21. The number of nitrogens with zero attached hydrogens (tertiary/aromatic N) is 2. The van der Waals surface area contributed by atoms with Crippen molar-refractivity contribution in [1.29, 1.82) is 0 Å². The number of nitrogens with one attached hydrogen (secondary N) is 1. The van der Waals surface area contributed by atoms with Gasteiger partial charge >= 0.3 is 0 Å². The van der Waals surface area contributed by atoms with Gasteiger partial charge in [0.1, 0.15) is 5.82 Å². The van der Waals surface area contributed by atoms with Crippen LogP contribution in [0.1, 0.15) is 36.8 Å². The molecule has 1 N–H and O–H groups in total. The highest BCUT2D eigenvalue weighted by Gasteiger charge is 2.52. The lowest BCUT2D eigenvalue weighted by molar-refractivity contribution is -0.292. The van der Waals surface area contributed by atoms with Crippen molar-refractivity contribution in [1.82, 2.24) is 14.9 Å². The second kappa shape index (κ2) is 7.28. The number of ether oxygens (including phenoxy) is 2. The van der Waals surface area contributed by atoms with Gasteiger partial charge in [-0.05, 0) is 11.0 Å². The minimum Gasteiger partial charge on any atom is -0.353 e. The predicted octanol–water partition coefficient (Wildman–Crippen LogP) is 2.89. The van der Waals surface area contributed by atoms with Crippen molar-refractivity contribution in [3.05, 3.63) is 53.6 Å². The van der Waals surface area contributed by atoms with E-state index in [1.807, 2.05) is 12.3 Å². The fourth-order valence-electron chi connectivity index (χ4n) is 3.84. The molecule has 25 heavy (non-hydrogen) atoms. The van der Waals surface area contributed by atoms with Gasteiger partial charge < -0.3 is 19.4 Å². The zero-order chi connectivity index (χ0) is 17.9. The molecule has 1 fully saturated rings. The Morgan fingerprint density at radius 1 is 1.16 bits per heavy atom. The van der Waals surface area contributed by atoms with Gasteiger partial charge in [0.25, 0.3) is 0 Å². The monoisotopic (exact) mass is 343 g/mol. The Hall–Kier alpha value is -1.69. The fourth-order valence-corrected chi connectivity index (χ4v) is 3.84. The first-order valence-corrected chi connectivity index (χ1v) is 8.84. The molecule has 1 aliphatic rings. The van der Waals surface area contributed by atoms with Crippen LogP contribution in [0.2, 0.25) is 0 Å². The standard InChI is InChI=1S/C20H29N3O2/c1-19(13-20(14-19,24-3)25-4)15-21-12-18-22-11-17(23(18)2)10-16-8-6-5-7-9-16/h5-9,11,21H,10,12-15H2,1-4H3. The SMILES string of the molecule is COC1(OC)CC(C)(CNCc2ncc(Cc3ccccc3)n2C)C1. The summed E-state index contributed by atoms with van der Waals surface area (Å²) in [7, 11) is 5.53. The molecule has 1 aliphatic carbocycles. The molecule has 0 spiro atoms. The maximum absolute atomic E-state index is 5.50. The molecule has 5 nitrogen and oxygen atoms in total. The molecule has 136 valence electrons. The molecule has 0 aliphatic heterocycles. The molecule has 0 unspecified atom stereocenters. The van der Waals surface area contributed by atoms with E-state index in [-0.39, 0.29) is 11.2 Å². The highest BCUT2D eigenvalue weighted by atomic mass is 16.7. The normalized spacial score (nSPS) is 18.1. The first kappa shape index (κ1) is 18.1. The second-order valence-electron chi connectivity index (χ2n) is 7.47. The second-order valence-corrected chi connectivity index (χ2v) is 7.47. The molecule has 0 atom stereocenters. The van der Waals surface area contributed by atoms with E-state index in [1.165, 1.54) is 11.3 Å². The quantitative estimate of drug-likeness (QED) is 0.749. The maximum Gasteiger partial charge on any atom is 0.168 e. The molecular formula is C20H29N3O2. The Morgan fingerprint density at radius 3 is 2.48 bits per heavy atom. The van der Waals surface area contributed by atoms with Gasteiger partial charge in [0, 0.05) is 59.0 Å². The Balaban J connectivity index is 1.51. The number of benzene rings is 1. The van der Waals surface area contributed by atoms with Gasteiger partial charge in [0.15, 0.2) is 5.79 Å². The van der Waals surface area contributed by atoms with Crippen molar-refractivity contribution in [3.63, 3.8) is 0 Å². The van der Waals surface area contributed by atoms with Crippen molar-refractivity contribution in [2.45, 2.75) is 38.5 Å². The van der Waals surface area contributed by atoms with Crippen LogP contribution in [0.5, 0.6) is 0 Å². The van der Waals surface area contributed by atoms with Crippen molar-refractivity contribution in [2.75, 3.05) is 20.8 Å². The van der Waals surface area contributed by atoms with E-state index in [4.69, 9.17) is 9.47 Å². The van der Waals surface area contributed by atoms with E-state index in [9.17, 15) is 0 Å². The van der Waals surface area contributed by atoms with Gasteiger partial charge in [-0.1, -0.05) is 37.3 Å². The van der Waals surface area contributed by atoms with Crippen LogP contribution in [0.4, 0.5) is 0 Å². The summed E-state index contributed by atoms with van der Waals surface area (Å²) in [6, 6.07) is 10.5. The molecule has 0 amide bonds. The van der Waals surface area contributed by atoms with E-state index >= 15 is 0 Å². The lowest BCUT2D eigenvalue weighted by Crippen LogP contribution is -2.56. The summed E-state index contributed by atoms with van der Waals surface area (Å²) in [5.74, 6) is 0.682. The van der Waals surface area contributed by atoms with E-state index in [1.54, 1.807) is 14.2 Å². The lowest BCUT2D eigenvalue weighted by Gasteiger charge is -2.52. The lowest BCUT2D eigenvalue weighted by atomic mass is 9.65. The number of rotatable bonds is 8. The predicted molar refractivity (Wildman–Crippen MR) is 98.3 cm³/mol. The molecule has 2 aromatic rings. The summed E-state index contributed by atoms with van der Waals surface area (Å²) in [4.78, 5) is 4.59. The summed E-state index contributed by atoms with van der Waals surface area (Å²) < 4.78 is 13.2. The zero-order valence-corrected chi connectivity index (χ0v) is 15.7. The molecule has 0 bridgehead atoms. The third-order valence-electron chi connectivity index (χ3n) is 5.38. The van der Waals surface area contributed by atoms with E-state index in [2.05, 4.69) is 53.1 Å². The van der Waals surface area contributed by atoms with Crippen LogP contribution in [0.25, 0.3) is 0 Å². The Bertz CT molecular complexity index is 684. The fraction of sp³-hybridized carbons (Fsp3) is 0.550. The largest absolute Gasteiger partial charge is 0.353 e. The van der Waals surface area contributed by atoms with Crippen LogP contribution in [-0.2, 0) is 29.5 Å². The van der Waals surface area contributed by atoms with Crippen molar-refractivity contribution in [3.8, 4) is 0 Å². The molecule has 1 aromatic heterocycles. The minimum absolute atomic E-state index is 0.212. The van der Waals surface area contributed by atoms with E-state index in [0.717, 1.165) is 38.2 Å². The molecule has 0 saturated heterocycles. The molecule has 5 heteroatoms. The van der Waals surface area contributed by atoms with Gasteiger partial charge in [-0.15, -0.1) is 0 Å². The molecule has 1 heterocycles. The summed E-state index contributed by atoms with van der Waals surface area (Å²) in [5.41, 5.74) is 2.75. The van der Waals surface area contributed by atoms with Crippen LogP contribution >= 0.6 is 0 Å². The van der Waals surface area contributed by atoms with Crippen LogP contribution in [0.3, 0.4) is 0 Å². The average molecular weight is 343 g/mol. The van der Waals surface area contributed by atoms with Crippen molar-refractivity contribution >= 4 is 0 Å². The van der Waals surface area contributed by atoms with Crippen LogP contribution in [0.15, 0.2) is 36.5 Å². The molecule has 0 radical (unpaired) electrons. The van der Waals surface area contributed by atoms with Crippen LogP contribution < -0.4 is 5.32 Å². The molecule has 3 rings (SSSR count). The zero-order valence-electron chi connectivity index (χ0n) is 15.7. The summed E-state index contributed by atoms with van der Waals surface area (Å²) >= 11 is 0. The third-order valence-corrected chi connectivity index (χ3v) is 5.38. The Morgan fingerprint density at radius 2 is 1.84 bits per heavy atom. The number of hydrogen-bond acceptors (Lipinski definition) is 4. The van der Waals surface area contributed by atoms with E-state index < -0.39 is 0 Å². The van der Waals surface area contributed by atoms with Crippen LogP contribution in [-0.4, -0.2) is 36.1 Å². The van der Waals surface area contributed by atoms with Crippen LogP contribution in [0, 0.1) is 5.41 Å². The van der Waals surface area contributed by atoms with Crippen molar-refractivity contribution in [2.24, 2.45) is 12.5 Å². The number of methoxy groups -OCH3 is 2. The molecule has 1 aromatic carbocycles. The smallest absolute Gasteiger partial charge is 0.168 e. The molecular weight excluding hydrogens is 314 g/mol. The topological polar surface area (TPSA) is 48.3 Å². The average Bonchev–Trinajstić information content (AvgIpc) is 2.93. The van der Waals surface area contributed by atoms with Gasteiger partial charge in [-0.3, -0.25) is 0 Å². The first-order chi connectivity index (χ1) is 12.0. The highest BCUT2D eigenvalue weighted by Crippen LogP contribution is 2.50. The van der Waals surface area contributed by atoms with Gasteiger partial charge in [-0.2, -0.15) is 0 Å². The van der Waals surface area contributed by atoms with Gasteiger partial charge in [0.2, 0.25) is 0 Å². The summed E-state index contributed by atoms with van der Waals surface area (Å²) in [5, 5.41) is 3.55. The number of hydrogen-bond donors (Lipinski definition) is 1. The minimum atomic E-state index is -0.386. The van der Waals surface area contributed by atoms with Gasteiger partial charge in [-0.25, -0.2) is 4.98 Å². The van der Waals surface area contributed by atoms with Crippen molar-refractivity contribution < 1.29 is 9.47 Å². The van der Waals surface area contributed by atoms with Gasteiger partial charge in [0.05, 0.1) is 6.54 Å². The Labute approximate surface area is 150 Å². The number of aromatic nitrogens is 2. The Kier molecular flexibility index (Phi) is 5.27. The first-order valence-electron chi connectivity index (χ1n) is 8.84. The number of imidazole rings is 1.